The lowest BCUT2D eigenvalue weighted by Crippen LogP contribution is -2.30. The Hall–Kier alpha value is -1.88. The fourth-order valence-electron chi connectivity index (χ4n) is 2.40. The number of rotatable bonds is 3. The Morgan fingerprint density at radius 1 is 1.32 bits per heavy atom. The van der Waals surface area contributed by atoms with Gasteiger partial charge in [-0.05, 0) is 44.0 Å². The van der Waals surface area contributed by atoms with E-state index in [1.165, 1.54) is 6.33 Å². The van der Waals surface area contributed by atoms with Crippen molar-refractivity contribution in [2.75, 3.05) is 19.7 Å². The van der Waals surface area contributed by atoms with Crippen LogP contribution < -0.4 is 15.6 Å². The summed E-state index contributed by atoms with van der Waals surface area (Å²) in [6.45, 7) is 2.88. The molecule has 0 unspecified atom stereocenters. The molecule has 2 N–H and O–H groups in total. The number of nitrogens with one attached hydrogen (secondary N) is 2. The van der Waals surface area contributed by atoms with Gasteiger partial charge >= 0.3 is 0 Å². The second kappa shape index (κ2) is 5.40. The highest BCUT2D eigenvalue weighted by Gasteiger charge is 2.13. The van der Waals surface area contributed by atoms with Crippen LogP contribution in [0.2, 0.25) is 0 Å². The Balaban J connectivity index is 1.72. The van der Waals surface area contributed by atoms with Crippen molar-refractivity contribution in [1.82, 2.24) is 15.3 Å². The van der Waals surface area contributed by atoms with Crippen LogP contribution in [0, 0.1) is 5.92 Å². The minimum atomic E-state index is -0.116. The summed E-state index contributed by atoms with van der Waals surface area (Å²) in [4.78, 5) is 18.3. The first kappa shape index (κ1) is 12.2. The molecule has 0 bridgehead atoms. The molecule has 1 saturated heterocycles. The van der Waals surface area contributed by atoms with Crippen molar-refractivity contribution < 1.29 is 4.74 Å². The van der Waals surface area contributed by atoms with E-state index in [2.05, 4.69) is 15.3 Å². The van der Waals surface area contributed by atoms with Gasteiger partial charge in [0.2, 0.25) is 0 Å². The van der Waals surface area contributed by atoms with Crippen LogP contribution in [-0.4, -0.2) is 29.7 Å². The Kier molecular flexibility index (Phi) is 3.46. The largest absolute Gasteiger partial charge is 0.493 e. The first-order valence-corrected chi connectivity index (χ1v) is 6.64. The van der Waals surface area contributed by atoms with Gasteiger partial charge in [-0.15, -0.1) is 0 Å². The number of benzene rings is 1. The molecule has 0 atom stereocenters. The molecule has 0 spiro atoms. The number of aromatic nitrogens is 2. The van der Waals surface area contributed by atoms with Gasteiger partial charge in [0, 0.05) is 6.07 Å². The van der Waals surface area contributed by atoms with Gasteiger partial charge in [0.05, 0.1) is 23.8 Å². The summed E-state index contributed by atoms with van der Waals surface area (Å²) in [7, 11) is 0. The summed E-state index contributed by atoms with van der Waals surface area (Å²) in [5.41, 5.74) is 0.557. The molecule has 1 fully saturated rings. The molecule has 3 rings (SSSR count). The summed E-state index contributed by atoms with van der Waals surface area (Å²) in [5.74, 6) is 1.40. The van der Waals surface area contributed by atoms with Crippen molar-refractivity contribution in [2.24, 2.45) is 5.92 Å². The topological polar surface area (TPSA) is 67.0 Å². The fraction of sp³-hybridized carbons (Fsp3) is 0.429. The van der Waals surface area contributed by atoms with Crippen molar-refractivity contribution in [3.8, 4) is 5.75 Å². The molecule has 0 aliphatic carbocycles. The lowest BCUT2D eigenvalue weighted by Gasteiger charge is -2.22. The van der Waals surface area contributed by atoms with E-state index in [9.17, 15) is 4.79 Å². The molecule has 100 valence electrons. The second-order valence-corrected chi connectivity index (χ2v) is 4.91. The Bertz CT molecular complexity index is 617. The van der Waals surface area contributed by atoms with Crippen LogP contribution in [0.25, 0.3) is 10.9 Å². The maximum Gasteiger partial charge on any atom is 0.258 e. The van der Waals surface area contributed by atoms with Crippen LogP contribution in [0.4, 0.5) is 0 Å². The number of ether oxygens (including phenoxy) is 1. The number of hydrogen-bond donors (Lipinski definition) is 2. The lowest BCUT2D eigenvalue weighted by atomic mass is 9.99. The number of aromatic amines is 1. The molecule has 1 aromatic carbocycles. The molecule has 0 radical (unpaired) electrons. The average molecular weight is 259 g/mol. The summed E-state index contributed by atoms with van der Waals surface area (Å²) < 4.78 is 5.81. The first-order chi connectivity index (χ1) is 9.33. The van der Waals surface area contributed by atoms with E-state index in [1.807, 2.05) is 12.1 Å². The quantitative estimate of drug-likeness (QED) is 0.872. The van der Waals surface area contributed by atoms with Crippen LogP contribution in [0.1, 0.15) is 12.8 Å². The van der Waals surface area contributed by atoms with Crippen molar-refractivity contribution in [2.45, 2.75) is 12.8 Å². The minimum absolute atomic E-state index is 0.116. The highest BCUT2D eigenvalue weighted by molar-refractivity contribution is 5.78. The third kappa shape index (κ3) is 2.76. The van der Waals surface area contributed by atoms with Crippen LogP contribution in [0.3, 0.4) is 0 Å². The molecule has 19 heavy (non-hydrogen) atoms. The normalized spacial score (nSPS) is 16.6. The van der Waals surface area contributed by atoms with E-state index >= 15 is 0 Å². The fourth-order valence-corrected chi connectivity index (χ4v) is 2.40. The van der Waals surface area contributed by atoms with Crippen molar-refractivity contribution in [3.63, 3.8) is 0 Å². The molecule has 1 aliphatic heterocycles. The van der Waals surface area contributed by atoms with Gasteiger partial charge < -0.3 is 15.0 Å². The highest BCUT2D eigenvalue weighted by Crippen LogP contribution is 2.19. The zero-order valence-corrected chi connectivity index (χ0v) is 10.7. The molecule has 1 aliphatic rings. The molecule has 5 nitrogen and oxygen atoms in total. The van der Waals surface area contributed by atoms with Gasteiger partial charge in [0.25, 0.3) is 5.56 Å². The molecule has 1 aromatic heterocycles. The number of nitrogens with zero attached hydrogens (tertiary/aromatic N) is 1. The molecule has 2 heterocycles. The maximum absolute atomic E-state index is 11.6. The van der Waals surface area contributed by atoms with E-state index < -0.39 is 0 Å². The van der Waals surface area contributed by atoms with Crippen molar-refractivity contribution >= 4 is 10.9 Å². The summed E-state index contributed by atoms with van der Waals surface area (Å²) >= 11 is 0. The molecule has 0 saturated carbocycles. The van der Waals surface area contributed by atoms with E-state index in [0.717, 1.165) is 38.3 Å². The monoisotopic (exact) mass is 259 g/mol. The summed E-state index contributed by atoms with van der Waals surface area (Å²) in [6, 6.07) is 5.42. The SMILES string of the molecule is O=c1[nH]cnc2cc(OCC3CCNCC3)ccc12. The van der Waals surface area contributed by atoms with Gasteiger partial charge in [-0.25, -0.2) is 4.98 Å². The standard InChI is InChI=1S/C14H17N3O2/c18-14-12-2-1-11(7-13(12)16-9-17-14)19-8-10-3-5-15-6-4-10/h1-2,7,9-10,15H,3-6,8H2,(H,16,17,18). The van der Waals surface area contributed by atoms with E-state index in [0.29, 0.717) is 16.8 Å². The molecular formula is C14H17N3O2. The van der Waals surface area contributed by atoms with E-state index in [1.54, 1.807) is 6.07 Å². The van der Waals surface area contributed by atoms with Crippen LogP contribution in [0.5, 0.6) is 5.75 Å². The van der Waals surface area contributed by atoms with E-state index in [4.69, 9.17) is 4.74 Å². The average Bonchev–Trinajstić information content (AvgIpc) is 2.46. The summed E-state index contributed by atoms with van der Waals surface area (Å²) in [6.07, 6.45) is 3.73. The van der Waals surface area contributed by atoms with Gasteiger partial charge in [0.1, 0.15) is 5.75 Å². The maximum atomic E-state index is 11.6. The lowest BCUT2D eigenvalue weighted by molar-refractivity contribution is 0.215. The third-order valence-electron chi connectivity index (χ3n) is 3.56. The smallest absolute Gasteiger partial charge is 0.258 e. The van der Waals surface area contributed by atoms with Gasteiger partial charge in [-0.3, -0.25) is 4.79 Å². The number of piperidine rings is 1. The molecular weight excluding hydrogens is 242 g/mol. The third-order valence-corrected chi connectivity index (χ3v) is 3.56. The number of fused-ring (bicyclic) bond motifs is 1. The second-order valence-electron chi connectivity index (χ2n) is 4.91. The minimum Gasteiger partial charge on any atom is -0.493 e. The predicted molar refractivity (Wildman–Crippen MR) is 73.5 cm³/mol. The Labute approximate surface area is 111 Å². The Morgan fingerprint density at radius 2 is 2.16 bits per heavy atom. The van der Waals surface area contributed by atoms with Crippen LogP contribution >= 0.6 is 0 Å². The molecule has 5 heteroatoms. The molecule has 2 aromatic rings. The van der Waals surface area contributed by atoms with Crippen molar-refractivity contribution in [3.05, 3.63) is 34.9 Å². The predicted octanol–water partition coefficient (Wildman–Crippen LogP) is 1.30. The highest BCUT2D eigenvalue weighted by atomic mass is 16.5. The zero-order valence-electron chi connectivity index (χ0n) is 10.7. The van der Waals surface area contributed by atoms with E-state index in [-0.39, 0.29) is 5.56 Å². The number of H-pyrrole nitrogens is 1. The Morgan fingerprint density at radius 3 is 3.00 bits per heavy atom. The van der Waals surface area contributed by atoms with Crippen LogP contribution in [-0.2, 0) is 0 Å². The van der Waals surface area contributed by atoms with Gasteiger partial charge in [-0.1, -0.05) is 0 Å². The first-order valence-electron chi connectivity index (χ1n) is 6.64. The number of hydrogen-bond acceptors (Lipinski definition) is 4. The van der Waals surface area contributed by atoms with Gasteiger partial charge in [-0.2, -0.15) is 0 Å². The zero-order chi connectivity index (χ0) is 13.1. The molecule has 0 amide bonds. The van der Waals surface area contributed by atoms with Crippen LogP contribution in [0.15, 0.2) is 29.3 Å². The van der Waals surface area contributed by atoms with Gasteiger partial charge in [0.15, 0.2) is 0 Å². The van der Waals surface area contributed by atoms with Crippen molar-refractivity contribution in [1.29, 1.82) is 0 Å². The summed E-state index contributed by atoms with van der Waals surface area (Å²) in [5, 5.41) is 3.93.